The number of anilines is 1. The molecule has 0 amide bonds. The average Bonchev–Trinajstić information content (AvgIpc) is 2.39. The Morgan fingerprint density at radius 3 is 2.58 bits per heavy atom. The number of carbonyl (C=O) groups excluding carboxylic acids is 1. The number of esters is 1. The number of nitrogen functional groups attached to an aromatic ring is 1. The Labute approximate surface area is 113 Å². The molecular formula is C14H21NO4. The van der Waals surface area contributed by atoms with E-state index in [2.05, 4.69) is 0 Å². The number of carbonyl (C=O) groups is 1. The summed E-state index contributed by atoms with van der Waals surface area (Å²) < 4.78 is 15.5. The van der Waals surface area contributed by atoms with Crippen LogP contribution in [0.15, 0.2) is 18.2 Å². The number of ether oxygens (including phenoxy) is 3. The van der Waals surface area contributed by atoms with Crippen LogP contribution in [0.1, 0.15) is 30.6 Å². The molecule has 1 aromatic carbocycles. The Balaban J connectivity index is 2.63. The molecule has 0 heterocycles. The summed E-state index contributed by atoms with van der Waals surface area (Å²) in [7, 11) is 3.16. The molecule has 2 N–H and O–H groups in total. The van der Waals surface area contributed by atoms with Gasteiger partial charge in [-0.15, -0.1) is 0 Å². The van der Waals surface area contributed by atoms with Gasteiger partial charge in [0.05, 0.1) is 24.9 Å². The van der Waals surface area contributed by atoms with E-state index in [1.807, 2.05) is 13.8 Å². The van der Waals surface area contributed by atoms with Gasteiger partial charge in [-0.25, -0.2) is 4.79 Å². The lowest BCUT2D eigenvalue weighted by Crippen LogP contribution is -2.25. The standard InChI is InChI=1S/C14H21NO4/c1-14(2,18-4)7-8-19-13(16)11-9-10(17-3)5-6-12(11)15/h5-6,9H,7-8,15H2,1-4H3. The van der Waals surface area contributed by atoms with Crippen molar-refractivity contribution in [3.63, 3.8) is 0 Å². The monoisotopic (exact) mass is 267 g/mol. The molecule has 0 bridgehead atoms. The fourth-order valence-electron chi connectivity index (χ4n) is 1.41. The van der Waals surface area contributed by atoms with Crippen molar-refractivity contribution >= 4 is 11.7 Å². The lowest BCUT2D eigenvalue weighted by Gasteiger charge is -2.22. The quantitative estimate of drug-likeness (QED) is 0.632. The Morgan fingerprint density at radius 2 is 2.00 bits per heavy atom. The summed E-state index contributed by atoms with van der Waals surface area (Å²) in [6.45, 7) is 4.14. The zero-order chi connectivity index (χ0) is 14.5. The highest BCUT2D eigenvalue weighted by atomic mass is 16.5. The second-order valence-electron chi connectivity index (χ2n) is 4.80. The second-order valence-corrected chi connectivity index (χ2v) is 4.80. The first-order chi connectivity index (χ1) is 8.89. The highest BCUT2D eigenvalue weighted by Crippen LogP contribution is 2.21. The molecule has 0 radical (unpaired) electrons. The minimum atomic E-state index is -0.455. The summed E-state index contributed by atoms with van der Waals surface area (Å²) in [6.07, 6.45) is 0.610. The van der Waals surface area contributed by atoms with Gasteiger partial charge in [0.15, 0.2) is 0 Å². The van der Waals surface area contributed by atoms with Gasteiger partial charge < -0.3 is 19.9 Å². The Hall–Kier alpha value is -1.75. The van der Waals surface area contributed by atoms with E-state index in [9.17, 15) is 4.79 Å². The average molecular weight is 267 g/mol. The minimum absolute atomic E-state index is 0.274. The molecule has 1 aromatic rings. The molecule has 0 saturated heterocycles. The summed E-state index contributed by atoms with van der Waals surface area (Å²) in [5.41, 5.74) is 6.11. The van der Waals surface area contributed by atoms with Crippen molar-refractivity contribution in [1.29, 1.82) is 0 Å². The van der Waals surface area contributed by atoms with Crippen molar-refractivity contribution in [3.05, 3.63) is 23.8 Å². The molecule has 5 heteroatoms. The molecule has 106 valence electrons. The molecule has 0 aliphatic rings. The van der Waals surface area contributed by atoms with E-state index >= 15 is 0 Å². The number of benzene rings is 1. The van der Waals surface area contributed by atoms with Gasteiger partial charge >= 0.3 is 5.97 Å². The first-order valence-electron chi connectivity index (χ1n) is 6.05. The van der Waals surface area contributed by atoms with Crippen LogP contribution in [-0.4, -0.2) is 32.4 Å². The summed E-state index contributed by atoms with van der Waals surface area (Å²) in [5, 5.41) is 0. The molecule has 0 aromatic heterocycles. The molecule has 0 atom stereocenters. The summed E-state index contributed by atoms with van der Waals surface area (Å²) in [4.78, 5) is 11.9. The largest absolute Gasteiger partial charge is 0.497 e. The minimum Gasteiger partial charge on any atom is -0.497 e. The van der Waals surface area contributed by atoms with Gasteiger partial charge in [-0.3, -0.25) is 0 Å². The van der Waals surface area contributed by atoms with Crippen LogP contribution in [0.4, 0.5) is 5.69 Å². The number of hydrogen-bond acceptors (Lipinski definition) is 5. The van der Waals surface area contributed by atoms with E-state index in [0.717, 1.165) is 0 Å². The van der Waals surface area contributed by atoms with Crippen LogP contribution in [-0.2, 0) is 9.47 Å². The van der Waals surface area contributed by atoms with Crippen LogP contribution < -0.4 is 10.5 Å². The molecule has 19 heavy (non-hydrogen) atoms. The lowest BCUT2D eigenvalue weighted by atomic mass is 10.1. The maximum absolute atomic E-state index is 11.9. The van der Waals surface area contributed by atoms with Gasteiger partial charge in [0.1, 0.15) is 5.75 Å². The molecule has 0 aliphatic heterocycles. The highest BCUT2D eigenvalue weighted by Gasteiger charge is 2.18. The fraction of sp³-hybridized carbons (Fsp3) is 0.500. The van der Waals surface area contributed by atoms with E-state index in [1.54, 1.807) is 25.3 Å². The van der Waals surface area contributed by atoms with Crippen molar-refractivity contribution in [1.82, 2.24) is 0 Å². The van der Waals surface area contributed by atoms with Crippen LogP contribution in [0.3, 0.4) is 0 Å². The third kappa shape index (κ3) is 4.44. The molecule has 0 spiro atoms. The highest BCUT2D eigenvalue weighted by molar-refractivity contribution is 5.95. The Bertz CT molecular complexity index is 443. The van der Waals surface area contributed by atoms with Crippen molar-refractivity contribution in [2.24, 2.45) is 0 Å². The maximum atomic E-state index is 11.9. The zero-order valence-electron chi connectivity index (χ0n) is 11.9. The summed E-state index contributed by atoms with van der Waals surface area (Å²) >= 11 is 0. The van der Waals surface area contributed by atoms with E-state index in [1.165, 1.54) is 7.11 Å². The van der Waals surface area contributed by atoms with Crippen LogP contribution in [0.2, 0.25) is 0 Å². The van der Waals surface area contributed by atoms with Crippen LogP contribution in [0.25, 0.3) is 0 Å². The zero-order valence-corrected chi connectivity index (χ0v) is 11.9. The van der Waals surface area contributed by atoms with E-state index in [4.69, 9.17) is 19.9 Å². The smallest absolute Gasteiger partial charge is 0.340 e. The van der Waals surface area contributed by atoms with Crippen molar-refractivity contribution in [2.45, 2.75) is 25.9 Å². The Morgan fingerprint density at radius 1 is 1.32 bits per heavy atom. The predicted molar refractivity (Wildman–Crippen MR) is 73.4 cm³/mol. The molecule has 5 nitrogen and oxygen atoms in total. The van der Waals surface area contributed by atoms with Gasteiger partial charge in [0.25, 0.3) is 0 Å². The number of rotatable bonds is 6. The van der Waals surface area contributed by atoms with Crippen molar-refractivity contribution in [3.8, 4) is 5.75 Å². The number of methoxy groups -OCH3 is 2. The van der Waals surface area contributed by atoms with E-state index < -0.39 is 5.97 Å². The van der Waals surface area contributed by atoms with E-state index in [-0.39, 0.29) is 12.2 Å². The normalized spacial score (nSPS) is 11.2. The van der Waals surface area contributed by atoms with Gasteiger partial charge in [0, 0.05) is 19.2 Å². The van der Waals surface area contributed by atoms with Crippen molar-refractivity contribution < 1.29 is 19.0 Å². The van der Waals surface area contributed by atoms with Crippen LogP contribution in [0, 0.1) is 0 Å². The molecule has 0 fully saturated rings. The topological polar surface area (TPSA) is 70.8 Å². The molecule has 1 rings (SSSR count). The fourth-order valence-corrected chi connectivity index (χ4v) is 1.41. The molecule has 0 unspecified atom stereocenters. The molecule has 0 aliphatic carbocycles. The van der Waals surface area contributed by atoms with Gasteiger partial charge in [-0.1, -0.05) is 0 Å². The Kier molecular flexibility index (Phi) is 5.18. The predicted octanol–water partition coefficient (Wildman–Crippen LogP) is 2.25. The molecule has 0 saturated carbocycles. The van der Waals surface area contributed by atoms with Gasteiger partial charge in [0.2, 0.25) is 0 Å². The van der Waals surface area contributed by atoms with Crippen LogP contribution in [0.5, 0.6) is 5.75 Å². The maximum Gasteiger partial charge on any atom is 0.340 e. The van der Waals surface area contributed by atoms with Gasteiger partial charge in [-0.2, -0.15) is 0 Å². The molecular weight excluding hydrogens is 246 g/mol. The third-order valence-corrected chi connectivity index (χ3v) is 2.97. The lowest BCUT2D eigenvalue weighted by molar-refractivity contribution is -0.00560. The first kappa shape index (κ1) is 15.3. The number of nitrogens with two attached hydrogens (primary N) is 1. The van der Waals surface area contributed by atoms with Crippen LogP contribution >= 0.6 is 0 Å². The van der Waals surface area contributed by atoms with Gasteiger partial charge in [-0.05, 0) is 32.0 Å². The second kappa shape index (κ2) is 6.43. The first-order valence-corrected chi connectivity index (χ1v) is 6.05. The number of hydrogen-bond donors (Lipinski definition) is 1. The SMILES string of the molecule is COc1ccc(N)c(C(=O)OCCC(C)(C)OC)c1. The summed E-state index contributed by atoms with van der Waals surface area (Å²) in [6, 6.07) is 4.88. The van der Waals surface area contributed by atoms with E-state index in [0.29, 0.717) is 23.4 Å². The van der Waals surface area contributed by atoms with Crippen molar-refractivity contribution in [2.75, 3.05) is 26.6 Å². The summed E-state index contributed by atoms with van der Waals surface area (Å²) in [5.74, 6) is 0.113. The third-order valence-electron chi connectivity index (χ3n) is 2.97.